The van der Waals surface area contributed by atoms with Gasteiger partial charge in [0.1, 0.15) is 0 Å². The van der Waals surface area contributed by atoms with Gasteiger partial charge in [0.15, 0.2) is 0 Å². The third-order valence-electron chi connectivity index (χ3n) is 4.13. The second kappa shape index (κ2) is 8.48. The van der Waals surface area contributed by atoms with Gasteiger partial charge in [-0.3, -0.25) is 4.79 Å². The molecule has 1 aliphatic carbocycles. The number of carbonyl (C=O) groups is 2. The van der Waals surface area contributed by atoms with Crippen LogP contribution in [0.15, 0.2) is 47.1 Å². The molecule has 4 nitrogen and oxygen atoms in total. The van der Waals surface area contributed by atoms with Gasteiger partial charge in [0.05, 0.1) is 19.1 Å². The third-order valence-corrected chi connectivity index (χ3v) is 4.13. The van der Waals surface area contributed by atoms with Crippen LogP contribution < -0.4 is 0 Å². The molecule has 1 aliphatic rings. The Bertz CT molecular complexity index is 655. The van der Waals surface area contributed by atoms with Crippen molar-refractivity contribution in [1.82, 2.24) is 0 Å². The summed E-state index contributed by atoms with van der Waals surface area (Å²) >= 11 is 0. The van der Waals surface area contributed by atoms with E-state index in [1.165, 1.54) is 0 Å². The molecule has 0 saturated heterocycles. The van der Waals surface area contributed by atoms with Crippen LogP contribution in [-0.2, 0) is 19.1 Å². The molecule has 0 N–H and O–H groups in total. The van der Waals surface area contributed by atoms with Gasteiger partial charge in [0.25, 0.3) is 0 Å². The molecule has 0 aliphatic heterocycles. The molecular formula is C20H24O4. The zero-order valence-electron chi connectivity index (χ0n) is 14.5. The van der Waals surface area contributed by atoms with Crippen molar-refractivity contribution in [3.05, 3.63) is 52.6 Å². The quantitative estimate of drug-likeness (QED) is 0.769. The summed E-state index contributed by atoms with van der Waals surface area (Å²) in [7, 11) is 0. The number of rotatable bonds is 5. The molecule has 1 aromatic carbocycles. The first-order valence-corrected chi connectivity index (χ1v) is 8.36. The van der Waals surface area contributed by atoms with Crippen LogP contribution >= 0.6 is 0 Å². The smallest absolute Gasteiger partial charge is 0.334 e. The highest BCUT2D eigenvalue weighted by Gasteiger charge is 2.32. The minimum atomic E-state index is -0.344. The minimum Gasteiger partial charge on any atom is -0.466 e. The van der Waals surface area contributed by atoms with E-state index in [1.54, 1.807) is 13.8 Å². The lowest BCUT2D eigenvalue weighted by molar-refractivity contribution is -0.148. The highest BCUT2D eigenvalue weighted by molar-refractivity contribution is 5.92. The zero-order valence-corrected chi connectivity index (χ0v) is 14.5. The van der Waals surface area contributed by atoms with Gasteiger partial charge in [-0.1, -0.05) is 36.4 Å². The first kappa shape index (κ1) is 18.0. The Morgan fingerprint density at radius 3 is 2.38 bits per heavy atom. The number of benzene rings is 1. The SMILES string of the molecule is CCOC(=O)C1=C(C)/C(=C\c2ccccc2)CC(C(=O)OCC)C1. The summed E-state index contributed by atoms with van der Waals surface area (Å²) in [5.74, 6) is -0.947. The molecule has 0 bridgehead atoms. The molecular weight excluding hydrogens is 304 g/mol. The molecule has 1 atom stereocenters. The van der Waals surface area contributed by atoms with Gasteiger partial charge in [-0.05, 0) is 50.3 Å². The van der Waals surface area contributed by atoms with Gasteiger partial charge in [0.2, 0.25) is 0 Å². The van der Waals surface area contributed by atoms with Crippen molar-refractivity contribution < 1.29 is 19.1 Å². The lowest BCUT2D eigenvalue weighted by Gasteiger charge is -2.26. The molecule has 4 heteroatoms. The zero-order chi connectivity index (χ0) is 17.5. The Labute approximate surface area is 143 Å². The van der Waals surface area contributed by atoms with E-state index in [2.05, 4.69) is 0 Å². The number of ether oxygens (including phenoxy) is 2. The molecule has 1 aromatic rings. The van der Waals surface area contributed by atoms with E-state index >= 15 is 0 Å². The lowest BCUT2D eigenvalue weighted by atomic mass is 9.80. The largest absolute Gasteiger partial charge is 0.466 e. The molecule has 128 valence electrons. The van der Waals surface area contributed by atoms with Crippen LogP contribution in [0.3, 0.4) is 0 Å². The number of allylic oxidation sites excluding steroid dienone is 2. The Morgan fingerprint density at radius 2 is 1.75 bits per heavy atom. The molecule has 0 aromatic heterocycles. The monoisotopic (exact) mass is 328 g/mol. The number of hydrogen-bond acceptors (Lipinski definition) is 4. The first-order chi connectivity index (χ1) is 11.6. The average Bonchev–Trinajstić information content (AvgIpc) is 2.58. The minimum absolute atomic E-state index is 0.259. The maximum absolute atomic E-state index is 12.3. The van der Waals surface area contributed by atoms with Crippen molar-refractivity contribution in [3.8, 4) is 0 Å². The Hall–Kier alpha value is -2.36. The molecule has 2 rings (SSSR count). The number of esters is 2. The van der Waals surface area contributed by atoms with E-state index in [9.17, 15) is 9.59 Å². The molecule has 0 amide bonds. The van der Waals surface area contributed by atoms with E-state index in [1.807, 2.05) is 43.3 Å². The lowest BCUT2D eigenvalue weighted by Crippen LogP contribution is -2.26. The van der Waals surface area contributed by atoms with Crippen molar-refractivity contribution in [2.75, 3.05) is 13.2 Å². The number of carbonyl (C=O) groups excluding carboxylic acids is 2. The van der Waals surface area contributed by atoms with Crippen LogP contribution in [0.2, 0.25) is 0 Å². The molecule has 0 radical (unpaired) electrons. The normalized spacial score (nSPS) is 19.3. The Kier molecular flexibility index (Phi) is 6.36. The summed E-state index contributed by atoms with van der Waals surface area (Å²) < 4.78 is 10.3. The van der Waals surface area contributed by atoms with Gasteiger partial charge in [-0.25, -0.2) is 4.79 Å². The fraction of sp³-hybridized carbons (Fsp3) is 0.400. The molecule has 0 spiro atoms. The van der Waals surface area contributed by atoms with Crippen LogP contribution in [0.1, 0.15) is 39.2 Å². The van der Waals surface area contributed by atoms with Gasteiger partial charge in [-0.2, -0.15) is 0 Å². The van der Waals surface area contributed by atoms with Gasteiger partial charge in [0, 0.05) is 5.57 Å². The molecule has 1 unspecified atom stereocenters. The summed E-state index contributed by atoms with van der Waals surface area (Å²) in [4.78, 5) is 24.5. The van der Waals surface area contributed by atoms with Crippen molar-refractivity contribution in [1.29, 1.82) is 0 Å². The third kappa shape index (κ3) is 4.34. The Morgan fingerprint density at radius 1 is 1.08 bits per heavy atom. The summed E-state index contributed by atoms with van der Waals surface area (Å²) in [5, 5.41) is 0. The fourth-order valence-corrected chi connectivity index (χ4v) is 2.88. The predicted molar refractivity (Wildman–Crippen MR) is 93.1 cm³/mol. The standard InChI is InChI=1S/C20H24O4/c1-4-23-19(21)17-12-16(11-15-9-7-6-8-10-15)14(3)18(13-17)20(22)24-5-2/h6-11,17H,4-5,12-13H2,1-3H3/b16-11-. The van der Waals surface area contributed by atoms with E-state index in [-0.39, 0.29) is 17.9 Å². The fourth-order valence-electron chi connectivity index (χ4n) is 2.88. The van der Waals surface area contributed by atoms with Crippen LogP contribution in [-0.4, -0.2) is 25.2 Å². The van der Waals surface area contributed by atoms with Gasteiger partial charge < -0.3 is 9.47 Å². The average molecular weight is 328 g/mol. The second-order valence-electron chi connectivity index (χ2n) is 5.76. The maximum Gasteiger partial charge on any atom is 0.334 e. The van der Waals surface area contributed by atoms with E-state index < -0.39 is 0 Å². The van der Waals surface area contributed by atoms with Gasteiger partial charge >= 0.3 is 11.9 Å². The predicted octanol–water partition coefficient (Wildman–Crippen LogP) is 3.92. The highest BCUT2D eigenvalue weighted by atomic mass is 16.5. The number of hydrogen-bond donors (Lipinski definition) is 0. The van der Waals surface area contributed by atoms with Crippen molar-refractivity contribution in [2.45, 2.75) is 33.6 Å². The Balaban J connectivity index is 2.39. The van der Waals surface area contributed by atoms with Crippen molar-refractivity contribution >= 4 is 18.0 Å². The van der Waals surface area contributed by atoms with Crippen LogP contribution in [0.25, 0.3) is 6.08 Å². The summed E-state index contributed by atoms with van der Waals surface area (Å²) in [6, 6.07) is 9.88. The summed E-state index contributed by atoms with van der Waals surface area (Å²) in [5.41, 5.74) is 3.49. The van der Waals surface area contributed by atoms with Crippen LogP contribution in [0, 0.1) is 5.92 Å². The molecule has 24 heavy (non-hydrogen) atoms. The van der Waals surface area contributed by atoms with Crippen LogP contribution in [0.4, 0.5) is 0 Å². The second-order valence-corrected chi connectivity index (χ2v) is 5.76. The molecule has 0 saturated carbocycles. The molecule has 0 heterocycles. The van der Waals surface area contributed by atoms with E-state index in [4.69, 9.17) is 9.47 Å². The van der Waals surface area contributed by atoms with Crippen molar-refractivity contribution in [2.24, 2.45) is 5.92 Å². The molecule has 0 fully saturated rings. The van der Waals surface area contributed by atoms with Crippen LogP contribution in [0.5, 0.6) is 0 Å². The van der Waals surface area contributed by atoms with E-state index in [0.29, 0.717) is 31.6 Å². The maximum atomic E-state index is 12.3. The van der Waals surface area contributed by atoms with E-state index in [0.717, 1.165) is 16.7 Å². The van der Waals surface area contributed by atoms with Gasteiger partial charge in [-0.15, -0.1) is 0 Å². The highest BCUT2D eigenvalue weighted by Crippen LogP contribution is 2.36. The first-order valence-electron chi connectivity index (χ1n) is 8.36. The van der Waals surface area contributed by atoms with Crippen molar-refractivity contribution in [3.63, 3.8) is 0 Å². The summed E-state index contributed by atoms with van der Waals surface area (Å²) in [6.45, 7) is 6.14. The summed E-state index contributed by atoms with van der Waals surface area (Å²) in [6.07, 6.45) is 2.97. The topological polar surface area (TPSA) is 52.6 Å².